The van der Waals surface area contributed by atoms with E-state index >= 15 is 0 Å². The van der Waals surface area contributed by atoms with E-state index in [1.165, 1.54) is 9.21 Å². The van der Waals surface area contributed by atoms with Crippen LogP contribution in [0, 0.1) is 11.8 Å². The first-order valence-electron chi connectivity index (χ1n) is 12.5. The number of allylic oxidation sites excluding steroid dienone is 4. The van der Waals surface area contributed by atoms with Crippen molar-refractivity contribution >= 4 is 33.2 Å². The van der Waals surface area contributed by atoms with Gasteiger partial charge in [-0.1, -0.05) is 30.4 Å². The fraction of sp³-hybridized carbons (Fsp3) is 0.407. The summed E-state index contributed by atoms with van der Waals surface area (Å²) in [6, 6.07) is 10.6. The molecule has 3 aliphatic rings. The number of rotatable bonds is 5. The third-order valence-electron chi connectivity index (χ3n) is 7.90. The molecule has 1 aromatic carbocycles. The van der Waals surface area contributed by atoms with Crippen molar-refractivity contribution in [3.8, 4) is 0 Å². The first-order chi connectivity index (χ1) is 17.6. The zero-order valence-corrected chi connectivity index (χ0v) is 22.7. The van der Waals surface area contributed by atoms with Gasteiger partial charge in [0.1, 0.15) is 5.54 Å². The number of carbonyl (C=O) groups excluding carboxylic acids is 1. The number of benzene rings is 1. The first-order valence-corrected chi connectivity index (χ1v) is 14.8. The van der Waals surface area contributed by atoms with Crippen molar-refractivity contribution in [3.63, 3.8) is 0 Å². The van der Waals surface area contributed by atoms with Gasteiger partial charge in [-0.2, -0.15) is 4.31 Å². The van der Waals surface area contributed by atoms with E-state index in [1.54, 1.807) is 48.7 Å². The van der Waals surface area contributed by atoms with Crippen LogP contribution in [0.2, 0.25) is 0 Å². The molecule has 8 nitrogen and oxygen atoms in total. The first kappa shape index (κ1) is 25.7. The molecule has 10 heteroatoms. The third kappa shape index (κ3) is 4.62. The Balaban J connectivity index is 1.41. The van der Waals surface area contributed by atoms with Gasteiger partial charge in [-0.25, -0.2) is 13.4 Å². The van der Waals surface area contributed by atoms with Crippen molar-refractivity contribution in [2.45, 2.75) is 42.5 Å². The minimum Gasteiger partial charge on any atom is -0.402 e. The van der Waals surface area contributed by atoms with Gasteiger partial charge in [0.2, 0.25) is 15.9 Å². The zero-order valence-electron chi connectivity index (χ0n) is 21.1. The summed E-state index contributed by atoms with van der Waals surface area (Å²) in [6.07, 6.45) is 7.96. The molecule has 1 saturated heterocycles. The summed E-state index contributed by atoms with van der Waals surface area (Å²) in [5.41, 5.74) is 13.5. The van der Waals surface area contributed by atoms with Crippen LogP contribution in [0.25, 0.3) is 0 Å². The highest BCUT2D eigenvalue weighted by molar-refractivity contribution is 7.89. The molecule has 4 N–H and O–H groups in total. The fourth-order valence-corrected chi connectivity index (χ4v) is 8.36. The average Bonchev–Trinajstić information content (AvgIpc) is 3.40. The molecular formula is C27H33N5O3S2. The number of nitrogens with two attached hydrogens (primary N) is 2. The topological polar surface area (TPSA) is 122 Å². The molecule has 1 amide bonds. The maximum Gasteiger partial charge on any atom is 0.243 e. The largest absolute Gasteiger partial charge is 0.402 e. The Hall–Kier alpha value is -2.95. The summed E-state index contributed by atoms with van der Waals surface area (Å²) in [4.78, 5) is 21.3. The highest BCUT2D eigenvalue weighted by Gasteiger charge is 2.51. The van der Waals surface area contributed by atoms with Crippen molar-refractivity contribution in [2.75, 3.05) is 20.1 Å². The van der Waals surface area contributed by atoms with E-state index in [-0.39, 0.29) is 23.7 Å². The number of hydrogen-bond donors (Lipinski definition) is 2. The molecule has 3 heterocycles. The summed E-state index contributed by atoms with van der Waals surface area (Å²) in [5, 5.41) is 2.12. The number of piperidine rings is 1. The van der Waals surface area contributed by atoms with Gasteiger partial charge in [0.25, 0.3) is 0 Å². The SMILES string of the molecule is CN1C(=O)[C@@H](C2CCN(S(=O)(=O)c3ccccc3)CC2)[C@@](C)(c2cc(C3C=CC=C(N)C3)cs2)N=C1N. The van der Waals surface area contributed by atoms with Gasteiger partial charge >= 0.3 is 0 Å². The molecule has 2 aliphatic heterocycles. The van der Waals surface area contributed by atoms with Crippen molar-refractivity contribution in [1.29, 1.82) is 0 Å². The molecule has 196 valence electrons. The number of aliphatic imine (C=N–C) groups is 1. The Morgan fingerprint density at radius 3 is 2.51 bits per heavy atom. The highest BCUT2D eigenvalue weighted by Crippen LogP contribution is 2.47. The summed E-state index contributed by atoms with van der Waals surface area (Å²) >= 11 is 1.59. The minimum atomic E-state index is -3.57. The molecule has 5 rings (SSSR count). The van der Waals surface area contributed by atoms with Gasteiger partial charge in [0.05, 0.1) is 10.8 Å². The second kappa shape index (κ2) is 9.74. The Morgan fingerprint density at radius 2 is 1.84 bits per heavy atom. The number of carbonyl (C=O) groups is 1. The van der Waals surface area contributed by atoms with E-state index in [0.29, 0.717) is 30.8 Å². The van der Waals surface area contributed by atoms with Crippen LogP contribution in [0.4, 0.5) is 0 Å². The van der Waals surface area contributed by atoms with Crippen LogP contribution < -0.4 is 11.5 Å². The lowest BCUT2D eigenvalue weighted by Crippen LogP contribution is -2.57. The monoisotopic (exact) mass is 539 g/mol. The van der Waals surface area contributed by atoms with E-state index in [0.717, 1.165) is 22.6 Å². The fourth-order valence-electron chi connectivity index (χ4n) is 5.75. The summed E-state index contributed by atoms with van der Waals surface area (Å²) < 4.78 is 27.8. The van der Waals surface area contributed by atoms with Gasteiger partial charge in [0, 0.05) is 36.6 Å². The highest BCUT2D eigenvalue weighted by atomic mass is 32.2. The summed E-state index contributed by atoms with van der Waals surface area (Å²) in [6.45, 7) is 2.71. The molecule has 0 saturated carbocycles. The van der Waals surface area contributed by atoms with Crippen molar-refractivity contribution in [1.82, 2.24) is 9.21 Å². The number of hydrogen-bond acceptors (Lipinski definition) is 7. The van der Waals surface area contributed by atoms with Crippen LogP contribution in [0.1, 0.15) is 42.5 Å². The predicted molar refractivity (Wildman–Crippen MR) is 146 cm³/mol. The average molecular weight is 540 g/mol. The standard InChI is InChI=1S/C27H33N5O3S2/c1-27(23-16-20(17-36-23)19-7-6-8-21(28)15-19)24(25(33)31(2)26(29)30-27)18-11-13-32(14-12-18)37(34,35)22-9-4-3-5-10-22/h3-10,16-19,24H,11-15,28H2,1-2H3,(H2,29,30)/t19?,24-,27-/m1/s1. The molecule has 3 atom stereocenters. The van der Waals surface area contributed by atoms with Crippen molar-refractivity contribution in [3.05, 3.63) is 76.1 Å². The van der Waals surface area contributed by atoms with Gasteiger partial charge in [0.15, 0.2) is 5.96 Å². The lowest BCUT2D eigenvalue weighted by molar-refractivity contribution is -0.137. The van der Waals surface area contributed by atoms with E-state index in [2.05, 4.69) is 17.5 Å². The third-order valence-corrected chi connectivity index (χ3v) is 11.0. The van der Waals surface area contributed by atoms with E-state index in [4.69, 9.17) is 16.5 Å². The minimum absolute atomic E-state index is 0.0299. The Labute approximate surface area is 222 Å². The van der Waals surface area contributed by atoms with Crippen LogP contribution in [-0.2, 0) is 20.4 Å². The Bertz CT molecular complexity index is 1370. The van der Waals surface area contributed by atoms with Gasteiger partial charge in [-0.15, -0.1) is 11.3 Å². The predicted octanol–water partition coefficient (Wildman–Crippen LogP) is 3.35. The molecule has 1 aromatic heterocycles. The zero-order chi connectivity index (χ0) is 26.4. The normalized spacial score (nSPS) is 27.7. The van der Waals surface area contributed by atoms with E-state index in [9.17, 15) is 13.2 Å². The smallest absolute Gasteiger partial charge is 0.243 e. The number of sulfonamides is 1. The van der Waals surface area contributed by atoms with Crippen molar-refractivity contribution < 1.29 is 13.2 Å². The molecule has 1 aliphatic carbocycles. The molecule has 1 fully saturated rings. The molecule has 2 aromatic rings. The van der Waals surface area contributed by atoms with E-state index in [1.807, 2.05) is 19.1 Å². The molecule has 0 radical (unpaired) electrons. The molecular weight excluding hydrogens is 506 g/mol. The van der Waals surface area contributed by atoms with Crippen LogP contribution in [0.3, 0.4) is 0 Å². The second-order valence-electron chi connectivity index (χ2n) is 10.2. The second-order valence-corrected chi connectivity index (χ2v) is 13.1. The summed E-state index contributed by atoms with van der Waals surface area (Å²) in [7, 11) is -1.92. The van der Waals surface area contributed by atoms with Crippen LogP contribution in [0.5, 0.6) is 0 Å². The number of thiophene rings is 1. The maximum atomic E-state index is 13.7. The van der Waals surface area contributed by atoms with Crippen molar-refractivity contribution in [2.24, 2.45) is 28.3 Å². The van der Waals surface area contributed by atoms with Crippen LogP contribution >= 0.6 is 11.3 Å². The maximum absolute atomic E-state index is 13.7. The number of nitrogens with zero attached hydrogens (tertiary/aromatic N) is 3. The van der Waals surface area contributed by atoms with Gasteiger partial charge < -0.3 is 11.5 Å². The number of guanidine groups is 1. The Morgan fingerprint density at radius 1 is 1.14 bits per heavy atom. The number of amides is 1. The molecule has 1 unspecified atom stereocenters. The quantitative estimate of drug-likeness (QED) is 0.603. The lowest BCUT2D eigenvalue weighted by Gasteiger charge is -2.45. The van der Waals surface area contributed by atoms with Gasteiger partial charge in [-0.3, -0.25) is 9.69 Å². The van der Waals surface area contributed by atoms with Gasteiger partial charge in [-0.05, 0) is 67.3 Å². The Kier molecular flexibility index (Phi) is 6.76. The van der Waals surface area contributed by atoms with Crippen LogP contribution in [-0.4, -0.2) is 49.6 Å². The van der Waals surface area contributed by atoms with E-state index < -0.39 is 21.5 Å². The lowest BCUT2D eigenvalue weighted by atomic mass is 9.71. The molecule has 0 spiro atoms. The molecule has 0 bridgehead atoms. The summed E-state index contributed by atoms with van der Waals surface area (Å²) in [5.74, 6) is -0.152. The van der Waals surface area contributed by atoms with Crippen LogP contribution in [0.15, 0.2) is 75.6 Å². The molecule has 37 heavy (non-hydrogen) atoms.